The molecule has 1 saturated heterocycles. The monoisotopic (exact) mass is 229 g/mol. The molecule has 3 heteroatoms. The maximum absolute atomic E-state index is 5.95. The first-order chi connectivity index (χ1) is 6.65. The van der Waals surface area contributed by atoms with Crippen LogP contribution in [0.3, 0.4) is 0 Å². The molecule has 1 fully saturated rings. The molecule has 0 aromatic heterocycles. The molecule has 1 aromatic carbocycles. The fourth-order valence-electron chi connectivity index (χ4n) is 1.94. The minimum absolute atomic E-state index is 0.418. The van der Waals surface area contributed by atoms with Gasteiger partial charge in [-0.25, -0.2) is 0 Å². The average Bonchev–Trinajstić information content (AvgIpc) is 2.50. The maximum Gasteiger partial charge on any atom is 0.0424 e. The molecule has 1 heterocycles. The summed E-state index contributed by atoms with van der Waals surface area (Å²) < 4.78 is 0. The molecule has 2 rings (SSSR count). The zero-order valence-corrected chi connectivity index (χ0v) is 9.57. The van der Waals surface area contributed by atoms with Crippen LogP contribution in [0.25, 0.3) is 0 Å². The van der Waals surface area contributed by atoms with Crippen LogP contribution >= 0.6 is 23.2 Å². The summed E-state index contributed by atoms with van der Waals surface area (Å²) in [5.41, 5.74) is 1.20. The van der Waals surface area contributed by atoms with E-state index in [0.717, 1.165) is 18.9 Å². The maximum atomic E-state index is 5.95. The van der Waals surface area contributed by atoms with Gasteiger partial charge in [-0.3, -0.25) is 0 Å². The Kier molecular flexibility index (Phi) is 3.01. The van der Waals surface area contributed by atoms with E-state index in [-0.39, 0.29) is 0 Å². The summed E-state index contributed by atoms with van der Waals surface area (Å²) in [6, 6.07) is 6.17. The molecule has 0 spiro atoms. The van der Waals surface area contributed by atoms with Gasteiger partial charge in [0.25, 0.3) is 0 Å². The summed E-state index contributed by atoms with van der Waals surface area (Å²) in [6.45, 7) is 3.33. The third-order valence-electron chi connectivity index (χ3n) is 2.64. The number of benzene rings is 1. The van der Waals surface area contributed by atoms with Gasteiger partial charge in [0.1, 0.15) is 0 Å². The van der Waals surface area contributed by atoms with Gasteiger partial charge < -0.3 is 5.32 Å². The molecule has 0 radical (unpaired) electrons. The standard InChI is InChI=1S/C11H13Cl2N/c1-7-2-11(14-6-7)8-3-9(12)5-10(13)4-8/h3-5,7,11,14H,2,6H2,1H3. The van der Waals surface area contributed by atoms with E-state index in [1.807, 2.05) is 12.1 Å². The zero-order valence-electron chi connectivity index (χ0n) is 8.06. The lowest BCUT2D eigenvalue weighted by Crippen LogP contribution is -2.13. The Labute approximate surface area is 94.4 Å². The van der Waals surface area contributed by atoms with Crippen LogP contribution in [0.2, 0.25) is 10.0 Å². The molecule has 1 nitrogen and oxygen atoms in total. The second-order valence-corrected chi connectivity index (χ2v) is 4.88. The molecule has 1 aliphatic heterocycles. The Morgan fingerprint density at radius 1 is 1.21 bits per heavy atom. The molecule has 0 amide bonds. The highest BCUT2D eigenvalue weighted by Gasteiger charge is 2.22. The summed E-state index contributed by atoms with van der Waals surface area (Å²) in [7, 11) is 0. The van der Waals surface area contributed by atoms with Crippen LogP contribution in [0.15, 0.2) is 18.2 Å². The fourth-order valence-corrected chi connectivity index (χ4v) is 2.49. The highest BCUT2D eigenvalue weighted by atomic mass is 35.5. The van der Waals surface area contributed by atoms with Crippen LogP contribution in [0.4, 0.5) is 0 Å². The molecule has 1 aromatic rings. The second-order valence-electron chi connectivity index (χ2n) is 4.00. The van der Waals surface area contributed by atoms with Crippen molar-refractivity contribution in [2.75, 3.05) is 6.54 Å². The van der Waals surface area contributed by atoms with Crippen molar-refractivity contribution < 1.29 is 0 Å². The van der Waals surface area contributed by atoms with Gasteiger partial charge >= 0.3 is 0 Å². The van der Waals surface area contributed by atoms with Crippen molar-refractivity contribution in [3.8, 4) is 0 Å². The first kappa shape index (κ1) is 10.3. The van der Waals surface area contributed by atoms with Crippen LogP contribution in [-0.4, -0.2) is 6.54 Å². The molecule has 0 saturated carbocycles. The number of hydrogen-bond acceptors (Lipinski definition) is 1. The molecular formula is C11H13Cl2N. The van der Waals surface area contributed by atoms with E-state index in [4.69, 9.17) is 23.2 Å². The highest BCUT2D eigenvalue weighted by Crippen LogP contribution is 2.30. The molecule has 2 unspecified atom stereocenters. The van der Waals surface area contributed by atoms with E-state index < -0.39 is 0 Å². The van der Waals surface area contributed by atoms with Crippen LogP contribution in [0.1, 0.15) is 24.9 Å². The second kappa shape index (κ2) is 4.09. The van der Waals surface area contributed by atoms with E-state index in [2.05, 4.69) is 12.2 Å². The predicted molar refractivity (Wildman–Crippen MR) is 61.0 cm³/mol. The molecule has 2 atom stereocenters. The lowest BCUT2D eigenvalue weighted by Gasteiger charge is -2.11. The van der Waals surface area contributed by atoms with E-state index in [1.54, 1.807) is 6.07 Å². The Morgan fingerprint density at radius 2 is 1.86 bits per heavy atom. The van der Waals surface area contributed by atoms with Gasteiger partial charge in [0.15, 0.2) is 0 Å². The van der Waals surface area contributed by atoms with E-state index >= 15 is 0 Å². The fraction of sp³-hybridized carbons (Fsp3) is 0.455. The molecular weight excluding hydrogens is 217 g/mol. The van der Waals surface area contributed by atoms with Crippen LogP contribution < -0.4 is 5.32 Å². The first-order valence-corrected chi connectivity index (χ1v) is 5.60. The van der Waals surface area contributed by atoms with Gasteiger partial charge in [-0.1, -0.05) is 30.1 Å². The third-order valence-corrected chi connectivity index (χ3v) is 3.07. The van der Waals surface area contributed by atoms with Crippen LogP contribution in [0.5, 0.6) is 0 Å². The predicted octanol–water partition coefficient (Wildman–Crippen LogP) is 3.66. The summed E-state index contributed by atoms with van der Waals surface area (Å²) in [5.74, 6) is 0.734. The van der Waals surface area contributed by atoms with Gasteiger partial charge in [0.2, 0.25) is 0 Å². The van der Waals surface area contributed by atoms with Crippen molar-refractivity contribution in [1.82, 2.24) is 5.32 Å². The SMILES string of the molecule is CC1CNC(c2cc(Cl)cc(Cl)c2)C1. The topological polar surface area (TPSA) is 12.0 Å². The molecule has 76 valence electrons. The third kappa shape index (κ3) is 2.22. The first-order valence-electron chi connectivity index (χ1n) is 4.84. The Hall–Kier alpha value is -0.240. The number of hydrogen-bond donors (Lipinski definition) is 1. The van der Waals surface area contributed by atoms with Crippen molar-refractivity contribution >= 4 is 23.2 Å². The average molecular weight is 230 g/mol. The van der Waals surface area contributed by atoms with Gasteiger partial charge in [0, 0.05) is 16.1 Å². The van der Waals surface area contributed by atoms with E-state index in [9.17, 15) is 0 Å². The number of rotatable bonds is 1. The largest absolute Gasteiger partial charge is 0.310 e. The molecule has 0 aliphatic carbocycles. The normalized spacial score (nSPS) is 26.8. The highest BCUT2D eigenvalue weighted by molar-refractivity contribution is 6.34. The van der Waals surface area contributed by atoms with Crippen molar-refractivity contribution in [2.24, 2.45) is 5.92 Å². The number of halogens is 2. The Morgan fingerprint density at radius 3 is 2.36 bits per heavy atom. The lowest BCUT2D eigenvalue weighted by molar-refractivity contribution is 0.612. The summed E-state index contributed by atoms with van der Waals surface area (Å²) in [4.78, 5) is 0. The van der Waals surface area contributed by atoms with Gasteiger partial charge in [-0.2, -0.15) is 0 Å². The lowest BCUT2D eigenvalue weighted by atomic mass is 10.0. The van der Waals surface area contributed by atoms with Crippen molar-refractivity contribution in [2.45, 2.75) is 19.4 Å². The summed E-state index contributed by atoms with van der Waals surface area (Å²) >= 11 is 11.9. The molecule has 1 N–H and O–H groups in total. The van der Waals surface area contributed by atoms with Crippen molar-refractivity contribution in [3.63, 3.8) is 0 Å². The van der Waals surface area contributed by atoms with Gasteiger partial charge in [0.05, 0.1) is 0 Å². The summed E-state index contributed by atoms with van der Waals surface area (Å²) in [5, 5.41) is 4.89. The van der Waals surface area contributed by atoms with Gasteiger partial charge in [-0.05, 0) is 42.6 Å². The summed E-state index contributed by atoms with van der Waals surface area (Å²) in [6.07, 6.45) is 1.16. The smallest absolute Gasteiger partial charge is 0.0424 e. The van der Waals surface area contributed by atoms with Crippen LogP contribution in [-0.2, 0) is 0 Å². The van der Waals surface area contributed by atoms with E-state index in [0.29, 0.717) is 16.1 Å². The van der Waals surface area contributed by atoms with Gasteiger partial charge in [-0.15, -0.1) is 0 Å². The van der Waals surface area contributed by atoms with Crippen molar-refractivity contribution in [1.29, 1.82) is 0 Å². The van der Waals surface area contributed by atoms with Crippen molar-refractivity contribution in [3.05, 3.63) is 33.8 Å². The molecule has 14 heavy (non-hydrogen) atoms. The zero-order chi connectivity index (χ0) is 10.1. The number of nitrogens with one attached hydrogen (secondary N) is 1. The minimum atomic E-state index is 0.418. The molecule has 1 aliphatic rings. The van der Waals surface area contributed by atoms with Crippen LogP contribution in [0, 0.1) is 5.92 Å². The Bertz CT molecular complexity index is 318. The minimum Gasteiger partial charge on any atom is -0.310 e. The quantitative estimate of drug-likeness (QED) is 0.776. The van der Waals surface area contributed by atoms with E-state index in [1.165, 1.54) is 5.56 Å². The molecule has 0 bridgehead atoms. The Balaban J connectivity index is 2.23.